The molecule has 5 heteroatoms. The van der Waals surface area contributed by atoms with Gasteiger partial charge in [-0.3, -0.25) is 0 Å². The number of aliphatic hydroxyl groups is 1. The highest BCUT2D eigenvalue weighted by Gasteiger charge is 2.05. The van der Waals surface area contributed by atoms with Crippen molar-refractivity contribution in [3.05, 3.63) is 41.3 Å². The molecule has 0 atom stereocenters. The van der Waals surface area contributed by atoms with Crippen molar-refractivity contribution >= 4 is 11.6 Å². The van der Waals surface area contributed by atoms with Crippen molar-refractivity contribution in [3.8, 4) is 5.82 Å². The van der Waals surface area contributed by atoms with Gasteiger partial charge < -0.3 is 5.11 Å². The Morgan fingerprint density at radius 2 is 2.36 bits per heavy atom. The van der Waals surface area contributed by atoms with Gasteiger partial charge in [0.1, 0.15) is 0 Å². The third kappa shape index (κ3) is 1.62. The monoisotopic (exact) mass is 209 g/mol. The number of nitrogens with zero attached hydrogens (tertiary/aromatic N) is 3. The summed E-state index contributed by atoms with van der Waals surface area (Å²) in [4.78, 5) is 4.11. The van der Waals surface area contributed by atoms with Gasteiger partial charge in [0.05, 0.1) is 24.0 Å². The maximum Gasteiger partial charge on any atom is 0.158 e. The average molecular weight is 210 g/mol. The predicted octanol–water partition coefficient (Wildman–Crippen LogP) is 1.41. The minimum atomic E-state index is -0.0688. The molecule has 0 aliphatic rings. The Hall–Kier alpha value is -1.39. The molecule has 1 N–H and O–H groups in total. The number of rotatable bonds is 2. The van der Waals surface area contributed by atoms with Gasteiger partial charge in [-0.05, 0) is 6.07 Å². The van der Waals surface area contributed by atoms with Crippen molar-refractivity contribution in [3.63, 3.8) is 0 Å². The summed E-state index contributed by atoms with van der Waals surface area (Å²) in [5.41, 5.74) is 0.715. The first kappa shape index (κ1) is 9.18. The molecule has 0 saturated heterocycles. The minimum Gasteiger partial charge on any atom is -0.392 e. The summed E-state index contributed by atoms with van der Waals surface area (Å²) in [6.07, 6.45) is 4.81. The van der Waals surface area contributed by atoms with E-state index in [0.29, 0.717) is 16.4 Å². The average Bonchev–Trinajstić information content (AvgIpc) is 2.65. The van der Waals surface area contributed by atoms with E-state index in [1.165, 1.54) is 10.9 Å². The lowest BCUT2D eigenvalue weighted by atomic mass is 10.3. The SMILES string of the molecule is OCc1cccnc1-n1cc(Cl)cn1. The van der Waals surface area contributed by atoms with Crippen LogP contribution in [-0.4, -0.2) is 19.9 Å². The van der Waals surface area contributed by atoms with Crippen molar-refractivity contribution in [1.82, 2.24) is 14.8 Å². The summed E-state index contributed by atoms with van der Waals surface area (Å²) in [5.74, 6) is 0.599. The number of hydrogen-bond donors (Lipinski definition) is 1. The van der Waals surface area contributed by atoms with Crippen molar-refractivity contribution in [1.29, 1.82) is 0 Å². The van der Waals surface area contributed by atoms with Crippen molar-refractivity contribution < 1.29 is 5.11 Å². The fourth-order valence-electron chi connectivity index (χ4n) is 1.18. The van der Waals surface area contributed by atoms with E-state index >= 15 is 0 Å². The van der Waals surface area contributed by atoms with E-state index < -0.39 is 0 Å². The lowest BCUT2D eigenvalue weighted by molar-refractivity contribution is 0.281. The van der Waals surface area contributed by atoms with Gasteiger partial charge in [0.2, 0.25) is 0 Å². The molecule has 72 valence electrons. The second-order valence-electron chi connectivity index (χ2n) is 2.75. The van der Waals surface area contributed by atoms with Gasteiger partial charge in [-0.1, -0.05) is 17.7 Å². The van der Waals surface area contributed by atoms with Crippen LogP contribution in [0.5, 0.6) is 0 Å². The molecule has 0 bridgehead atoms. The number of aromatic nitrogens is 3. The van der Waals surface area contributed by atoms with Gasteiger partial charge in [0, 0.05) is 11.8 Å². The zero-order valence-corrected chi connectivity index (χ0v) is 8.02. The molecule has 0 aromatic carbocycles. The highest BCUT2D eigenvalue weighted by atomic mass is 35.5. The van der Waals surface area contributed by atoms with Gasteiger partial charge in [-0.2, -0.15) is 5.10 Å². The summed E-state index contributed by atoms with van der Waals surface area (Å²) < 4.78 is 1.54. The fraction of sp³-hybridized carbons (Fsp3) is 0.111. The molecule has 2 rings (SSSR count). The van der Waals surface area contributed by atoms with Gasteiger partial charge in [-0.15, -0.1) is 0 Å². The molecule has 0 fully saturated rings. The Morgan fingerprint density at radius 1 is 1.50 bits per heavy atom. The number of halogens is 1. The van der Waals surface area contributed by atoms with E-state index in [2.05, 4.69) is 10.1 Å². The van der Waals surface area contributed by atoms with Crippen LogP contribution >= 0.6 is 11.6 Å². The zero-order valence-electron chi connectivity index (χ0n) is 7.26. The third-order valence-corrected chi connectivity index (χ3v) is 2.00. The number of hydrogen-bond acceptors (Lipinski definition) is 3. The minimum absolute atomic E-state index is 0.0688. The van der Waals surface area contributed by atoms with Crippen LogP contribution in [0.2, 0.25) is 5.02 Å². The first-order valence-electron chi connectivity index (χ1n) is 4.06. The lowest BCUT2D eigenvalue weighted by Gasteiger charge is -2.04. The van der Waals surface area contributed by atoms with E-state index in [-0.39, 0.29) is 6.61 Å². The van der Waals surface area contributed by atoms with Crippen LogP contribution in [0.15, 0.2) is 30.7 Å². The molecule has 4 nitrogen and oxygen atoms in total. The van der Waals surface area contributed by atoms with E-state index in [0.717, 1.165) is 0 Å². The molecule has 0 radical (unpaired) electrons. The van der Waals surface area contributed by atoms with Crippen molar-refractivity contribution in [2.24, 2.45) is 0 Å². The third-order valence-electron chi connectivity index (χ3n) is 1.81. The molecule has 0 spiro atoms. The topological polar surface area (TPSA) is 50.9 Å². The highest BCUT2D eigenvalue weighted by molar-refractivity contribution is 6.30. The standard InChI is InChI=1S/C9H8ClN3O/c10-8-4-12-13(5-8)9-7(6-14)2-1-3-11-9/h1-5,14H,6H2. The van der Waals surface area contributed by atoms with Gasteiger partial charge in [0.25, 0.3) is 0 Å². The second kappa shape index (κ2) is 3.77. The Labute approximate surface area is 85.8 Å². The molecule has 0 aliphatic carbocycles. The molecule has 2 heterocycles. The largest absolute Gasteiger partial charge is 0.392 e. The first-order valence-corrected chi connectivity index (χ1v) is 4.44. The number of pyridine rings is 1. The molecule has 0 saturated carbocycles. The lowest BCUT2D eigenvalue weighted by Crippen LogP contribution is -2.02. The summed E-state index contributed by atoms with van der Waals surface area (Å²) in [5, 5.41) is 13.6. The second-order valence-corrected chi connectivity index (χ2v) is 3.18. The molecule has 2 aromatic heterocycles. The van der Waals surface area contributed by atoms with Crippen molar-refractivity contribution in [2.45, 2.75) is 6.61 Å². The van der Waals surface area contributed by atoms with Crippen LogP contribution in [0.1, 0.15) is 5.56 Å². The smallest absolute Gasteiger partial charge is 0.158 e. The van der Waals surface area contributed by atoms with Crippen LogP contribution in [-0.2, 0) is 6.61 Å². The Bertz CT molecular complexity index is 441. The molecule has 2 aromatic rings. The maximum atomic E-state index is 9.07. The molecular weight excluding hydrogens is 202 g/mol. The normalized spacial score (nSPS) is 10.4. The number of aliphatic hydroxyl groups excluding tert-OH is 1. The van der Waals surface area contributed by atoms with Gasteiger partial charge in [-0.25, -0.2) is 9.67 Å². The molecular formula is C9H8ClN3O. The van der Waals surface area contributed by atoms with E-state index in [9.17, 15) is 0 Å². The van der Waals surface area contributed by atoms with Gasteiger partial charge >= 0.3 is 0 Å². The summed E-state index contributed by atoms with van der Waals surface area (Å²) in [7, 11) is 0. The first-order chi connectivity index (χ1) is 6.81. The zero-order chi connectivity index (χ0) is 9.97. The van der Waals surface area contributed by atoms with Crippen LogP contribution in [0.3, 0.4) is 0 Å². The molecule has 0 aliphatic heterocycles. The van der Waals surface area contributed by atoms with Gasteiger partial charge in [0.15, 0.2) is 5.82 Å². The molecule has 0 unspecified atom stereocenters. The van der Waals surface area contributed by atoms with Crippen LogP contribution in [0.25, 0.3) is 5.82 Å². The maximum absolute atomic E-state index is 9.07. The molecule has 14 heavy (non-hydrogen) atoms. The summed E-state index contributed by atoms with van der Waals surface area (Å²) in [6.45, 7) is -0.0688. The van der Waals surface area contributed by atoms with Crippen LogP contribution < -0.4 is 0 Å². The Balaban J connectivity index is 2.50. The van der Waals surface area contributed by atoms with Crippen molar-refractivity contribution in [2.75, 3.05) is 0 Å². The quantitative estimate of drug-likeness (QED) is 0.814. The summed E-state index contributed by atoms with van der Waals surface area (Å²) in [6, 6.07) is 3.55. The van der Waals surface area contributed by atoms with Crippen LogP contribution in [0.4, 0.5) is 0 Å². The van der Waals surface area contributed by atoms with Crippen LogP contribution in [0, 0.1) is 0 Å². The summed E-state index contributed by atoms with van der Waals surface area (Å²) >= 11 is 5.73. The Morgan fingerprint density at radius 3 is 3.00 bits per heavy atom. The van der Waals surface area contributed by atoms with E-state index in [1.54, 1.807) is 24.5 Å². The van der Waals surface area contributed by atoms with E-state index in [1.807, 2.05) is 0 Å². The van der Waals surface area contributed by atoms with E-state index in [4.69, 9.17) is 16.7 Å². The molecule has 0 amide bonds. The predicted molar refractivity (Wildman–Crippen MR) is 52.3 cm³/mol. The highest BCUT2D eigenvalue weighted by Crippen LogP contribution is 2.13. The fourth-order valence-corrected chi connectivity index (χ4v) is 1.31. The Kier molecular flexibility index (Phi) is 2.47.